The second-order valence-electron chi connectivity index (χ2n) is 4.93. The van der Waals surface area contributed by atoms with Gasteiger partial charge in [-0.3, -0.25) is 0 Å². The van der Waals surface area contributed by atoms with Crippen molar-refractivity contribution in [1.82, 2.24) is 15.5 Å². The van der Waals surface area contributed by atoms with Crippen LogP contribution in [0.15, 0.2) is 28.8 Å². The van der Waals surface area contributed by atoms with Gasteiger partial charge in [0.1, 0.15) is 5.75 Å². The molecule has 0 radical (unpaired) electrons. The maximum absolute atomic E-state index is 5.40. The minimum absolute atomic E-state index is 0.319. The van der Waals surface area contributed by atoms with E-state index in [4.69, 9.17) is 9.26 Å². The van der Waals surface area contributed by atoms with E-state index in [9.17, 15) is 0 Å². The molecule has 0 spiro atoms. The first kappa shape index (κ1) is 12.2. The van der Waals surface area contributed by atoms with E-state index >= 15 is 0 Å². The third-order valence-electron chi connectivity index (χ3n) is 3.62. The largest absolute Gasteiger partial charge is 0.497 e. The van der Waals surface area contributed by atoms with Gasteiger partial charge in [-0.2, -0.15) is 4.98 Å². The standard InChI is InChI=1S/C14H17N3O2/c1-9-7-15-8-12(9)14-16-13(17-19-14)10-3-5-11(18-2)6-4-10/h3-6,9,12,15H,7-8H2,1-2H3. The molecule has 0 aliphatic carbocycles. The molecule has 19 heavy (non-hydrogen) atoms. The van der Waals surface area contributed by atoms with Crippen LogP contribution in [0.2, 0.25) is 0 Å². The molecule has 1 aliphatic rings. The minimum atomic E-state index is 0.319. The second-order valence-corrected chi connectivity index (χ2v) is 4.93. The fourth-order valence-corrected chi connectivity index (χ4v) is 2.38. The third kappa shape index (κ3) is 2.33. The van der Waals surface area contributed by atoms with Crippen molar-refractivity contribution in [2.75, 3.05) is 20.2 Å². The number of rotatable bonds is 3. The predicted molar refractivity (Wildman–Crippen MR) is 71.1 cm³/mol. The van der Waals surface area contributed by atoms with E-state index < -0.39 is 0 Å². The molecule has 0 saturated carbocycles. The zero-order valence-corrected chi connectivity index (χ0v) is 11.1. The zero-order valence-electron chi connectivity index (χ0n) is 11.1. The van der Waals surface area contributed by atoms with Crippen LogP contribution in [0.5, 0.6) is 5.75 Å². The van der Waals surface area contributed by atoms with Gasteiger partial charge in [-0.1, -0.05) is 12.1 Å². The van der Waals surface area contributed by atoms with E-state index in [0.717, 1.165) is 30.3 Å². The van der Waals surface area contributed by atoms with Crippen molar-refractivity contribution >= 4 is 0 Å². The number of benzene rings is 1. The van der Waals surface area contributed by atoms with Crippen LogP contribution < -0.4 is 10.1 Å². The molecule has 100 valence electrons. The van der Waals surface area contributed by atoms with Gasteiger partial charge in [-0.05, 0) is 36.7 Å². The molecule has 0 amide bonds. The molecule has 2 aromatic rings. The van der Waals surface area contributed by atoms with Crippen molar-refractivity contribution in [2.24, 2.45) is 5.92 Å². The average Bonchev–Trinajstić information content (AvgIpc) is 3.07. The van der Waals surface area contributed by atoms with Crippen LogP contribution in [0, 0.1) is 5.92 Å². The molecule has 5 heteroatoms. The summed E-state index contributed by atoms with van der Waals surface area (Å²) in [5.41, 5.74) is 0.939. The highest BCUT2D eigenvalue weighted by atomic mass is 16.5. The van der Waals surface area contributed by atoms with Crippen LogP contribution in [0.3, 0.4) is 0 Å². The number of nitrogens with zero attached hydrogens (tertiary/aromatic N) is 2. The fraction of sp³-hybridized carbons (Fsp3) is 0.429. The van der Waals surface area contributed by atoms with Crippen LogP contribution in [-0.2, 0) is 0 Å². The van der Waals surface area contributed by atoms with E-state index in [1.807, 2.05) is 24.3 Å². The molecule has 0 bridgehead atoms. The molecule has 1 saturated heterocycles. The van der Waals surface area contributed by atoms with Gasteiger partial charge in [-0.15, -0.1) is 0 Å². The van der Waals surface area contributed by atoms with E-state index in [1.54, 1.807) is 7.11 Å². The molecule has 2 heterocycles. The van der Waals surface area contributed by atoms with Gasteiger partial charge in [0.2, 0.25) is 11.7 Å². The SMILES string of the molecule is COc1ccc(-c2noc(C3CNCC3C)n2)cc1. The van der Waals surface area contributed by atoms with Gasteiger partial charge < -0.3 is 14.6 Å². The van der Waals surface area contributed by atoms with Crippen molar-refractivity contribution in [1.29, 1.82) is 0 Å². The summed E-state index contributed by atoms with van der Waals surface area (Å²) in [6.45, 7) is 4.11. The maximum Gasteiger partial charge on any atom is 0.231 e. The number of hydrogen-bond acceptors (Lipinski definition) is 5. The highest BCUT2D eigenvalue weighted by Gasteiger charge is 2.29. The van der Waals surface area contributed by atoms with Crippen molar-refractivity contribution in [3.63, 3.8) is 0 Å². The van der Waals surface area contributed by atoms with Crippen molar-refractivity contribution < 1.29 is 9.26 Å². The Bertz CT molecular complexity index is 550. The van der Waals surface area contributed by atoms with E-state index in [2.05, 4.69) is 22.4 Å². The highest BCUT2D eigenvalue weighted by molar-refractivity contribution is 5.55. The first-order valence-corrected chi connectivity index (χ1v) is 6.46. The van der Waals surface area contributed by atoms with Crippen LogP contribution in [0.1, 0.15) is 18.7 Å². The summed E-state index contributed by atoms with van der Waals surface area (Å²) in [6, 6.07) is 7.66. The Balaban J connectivity index is 1.83. The van der Waals surface area contributed by atoms with Crippen LogP contribution >= 0.6 is 0 Å². The second kappa shape index (κ2) is 5.01. The Morgan fingerprint density at radius 1 is 1.26 bits per heavy atom. The lowest BCUT2D eigenvalue weighted by molar-refractivity contribution is 0.340. The molecule has 2 unspecified atom stereocenters. The summed E-state index contributed by atoms with van der Waals surface area (Å²) in [7, 11) is 1.65. The molecule has 1 aromatic carbocycles. The lowest BCUT2D eigenvalue weighted by Crippen LogP contribution is -2.08. The normalized spacial score (nSPS) is 22.6. The number of hydrogen-bond donors (Lipinski definition) is 1. The summed E-state index contributed by atoms with van der Waals surface area (Å²) in [6.07, 6.45) is 0. The smallest absolute Gasteiger partial charge is 0.231 e. The van der Waals surface area contributed by atoms with Crippen LogP contribution in [0.4, 0.5) is 0 Å². The zero-order chi connectivity index (χ0) is 13.2. The number of nitrogens with one attached hydrogen (secondary N) is 1. The Hall–Kier alpha value is -1.88. The van der Waals surface area contributed by atoms with Crippen molar-refractivity contribution in [2.45, 2.75) is 12.8 Å². The molecule has 1 N–H and O–H groups in total. The molecule has 3 rings (SSSR count). The topological polar surface area (TPSA) is 60.2 Å². The summed E-state index contributed by atoms with van der Waals surface area (Å²) in [5.74, 6) is 3.03. The summed E-state index contributed by atoms with van der Waals surface area (Å²) in [5, 5.41) is 7.41. The van der Waals surface area contributed by atoms with E-state index in [1.165, 1.54) is 0 Å². The summed E-state index contributed by atoms with van der Waals surface area (Å²) >= 11 is 0. The van der Waals surface area contributed by atoms with Gasteiger partial charge >= 0.3 is 0 Å². The number of ether oxygens (including phenoxy) is 1. The Morgan fingerprint density at radius 2 is 2.05 bits per heavy atom. The first-order valence-electron chi connectivity index (χ1n) is 6.46. The maximum atomic E-state index is 5.40. The monoisotopic (exact) mass is 259 g/mol. The van der Waals surface area contributed by atoms with E-state index in [0.29, 0.717) is 17.7 Å². The average molecular weight is 259 g/mol. The summed E-state index contributed by atoms with van der Waals surface area (Å²) < 4.78 is 10.5. The van der Waals surface area contributed by atoms with Crippen molar-refractivity contribution in [3.8, 4) is 17.1 Å². The number of methoxy groups -OCH3 is 1. The molecule has 1 aliphatic heterocycles. The quantitative estimate of drug-likeness (QED) is 0.914. The van der Waals surface area contributed by atoms with Crippen LogP contribution in [-0.4, -0.2) is 30.3 Å². The summed E-state index contributed by atoms with van der Waals surface area (Å²) in [4.78, 5) is 4.51. The molecular weight excluding hydrogens is 242 g/mol. The highest BCUT2D eigenvalue weighted by Crippen LogP contribution is 2.28. The molecule has 2 atom stereocenters. The molecular formula is C14H17N3O2. The lowest BCUT2D eigenvalue weighted by atomic mass is 9.98. The Labute approximate surface area is 112 Å². The Morgan fingerprint density at radius 3 is 2.68 bits per heavy atom. The predicted octanol–water partition coefficient (Wildman–Crippen LogP) is 2.07. The Kier molecular flexibility index (Phi) is 3.21. The van der Waals surface area contributed by atoms with Gasteiger partial charge in [0.05, 0.1) is 13.0 Å². The fourth-order valence-electron chi connectivity index (χ4n) is 2.38. The van der Waals surface area contributed by atoms with Crippen LogP contribution in [0.25, 0.3) is 11.4 Å². The van der Waals surface area contributed by atoms with Gasteiger partial charge in [0.25, 0.3) is 0 Å². The molecule has 1 fully saturated rings. The van der Waals surface area contributed by atoms with Gasteiger partial charge in [-0.25, -0.2) is 0 Å². The molecule has 5 nitrogen and oxygen atoms in total. The molecule has 1 aromatic heterocycles. The lowest BCUT2D eigenvalue weighted by Gasteiger charge is -2.07. The third-order valence-corrected chi connectivity index (χ3v) is 3.62. The first-order chi connectivity index (χ1) is 9.28. The van der Waals surface area contributed by atoms with Crippen molar-refractivity contribution in [3.05, 3.63) is 30.2 Å². The van der Waals surface area contributed by atoms with E-state index in [-0.39, 0.29) is 0 Å². The van der Waals surface area contributed by atoms with Gasteiger partial charge in [0.15, 0.2) is 0 Å². The minimum Gasteiger partial charge on any atom is -0.497 e. The number of aromatic nitrogens is 2. The van der Waals surface area contributed by atoms with Gasteiger partial charge in [0, 0.05) is 12.1 Å².